The Morgan fingerprint density at radius 3 is 2.69 bits per heavy atom. The van der Waals surface area contributed by atoms with Crippen molar-refractivity contribution in [3.05, 3.63) is 34.9 Å². The van der Waals surface area contributed by atoms with Crippen LogP contribution in [-0.2, 0) is 4.79 Å². The number of carbonyl (C=O) groups is 2. The summed E-state index contributed by atoms with van der Waals surface area (Å²) >= 11 is 6.15. The molecule has 2 heterocycles. The number of carbonyl (C=O) groups excluding carboxylic acids is 2. The van der Waals surface area contributed by atoms with Gasteiger partial charge in [-0.1, -0.05) is 36.6 Å². The van der Waals surface area contributed by atoms with Crippen LogP contribution in [0.25, 0.3) is 0 Å². The van der Waals surface area contributed by atoms with Gasteiger partial charge in [-0.3, -0.25) is 10.1 Å². The normalized spacial score (nSPS) is 25.8. The van der Waals surface area contributed by atoms with Crippen molar-refractivity contribution in [3.8, 4) is 0 Å². The molecular weight excluding hydrogens is 356 g/mol. The number of nitrogens with zero attached hydrogens (tertiary/aromatic N) is 1. The van der Waals surface area contributed by atoms with E-state index in [1.807, 2.05) is 24.3 Å². The lowest BCUT2D eigenvalue weighted by Crippen LogP contribution is -2.73. The van der Waals surface area contributed by atoms with Crippen molar-refractivity contribution in [3.63, 3.8) is 0 Å². The number of nitrogens with one attached hydrogen (secondary N) is 3. The van der Waals surface area contributed by atoms with Gasteiger partial charge in [0.15, 0.2) is 6.35 Å². The molecule has 1 saturated carbocycles. The SMILES string of the molecule is O=C(N[C@H](c1cccc(Cl)c1)C1CCCC1)N1CC2(C1)NC(O)NC2=O. The maximum Gasteiger partial charge on any atom is 0.318 e. The molecule has 0 aromatic heterocycles. The van der Waals surface area contributed by atoms with Crippen LogP contribution in [0.5, 0.6) is 0 Å². The van der Waals surface area contributed by atoms with Crippen molar-refractivity contribution in [2.75, 3.05) is 13.1 Å². The highest BCUT2D eigenvalue weighted by atomic mass is 35.5. The van der Waals surface area contributed by atoms with Crippen LogP contribution in [0.15, 0.2) is 24.3 Å². The van der Waals surface area contributed by atoms with Gasteiger partial charge in [0.05, 0.1) is 19.1 Å². The predicted molar refractivity (Wildman–Crippen MR) is 96.3 cm³/mol. The Hall–Kier alpha value is -1.83. The maximum absolute atomic E-state index is 12.7. The minimum absolute atomic E-state index is 0.0868. The summed E-state index contributed by atoms with van der Waals surface area (Å²) in [6.07, 6.45) is 3.46. The Kier molecular flexibility index (Phi) is 4.54. The van der Waals surface area contributed by atoms with E-state index in [9.17, 15) is 14.7 Å². The van der Waals surface area contributed by atoms with E-state index in [4.69, 9.17) is 11.6 Å². The zero-order valence-corrected chi connectivity index (χ0v) is 15.1. The van der Waals surface area contributed by atoms with Crippen molar-refractivity contribution < 1.29 is 14.7 Å². The van der Waals surface area contributed by atoms with E-state index in [0.717, 1.165) is 18.4 Å². The number of rotatable bonds is 3. The van der Waals surface area contributed by atoms with Gasteiger partial charge in [-0.15, -0.1) is 0 Å². The highest BCUT2D eigenvalue weighted by Gasteiger charge is 2.56. The first-order valence-corrected chi connectivity index (χ1v) is 9.42. The number of urea groups is 1. The van der Waals surface area contributed by atoms with E-state index in [1.165, 1.54) is 12.8 Å². The van der Waals surface area contributed by atoms with E-state index in [1.54, 1.807) is 4.90 Å². The first kappa shape index (κ1) is 17.6. The van der Waals surface area contributed by atoms with Gasteiger partial charge in [-0.05, 0) is 36.5 Å². The lowest BCUT2D eigenvalue weighted by molar-refractivity contribution is -0.128. The van der Waals surface area contributed by atoms with Crippen LogP contribution in [0.2, 0.25) is 5.02 Å². The van der Waals surface area contributed by atoms with Gasteiger partial charge in [-0.25, -0.2) is 4.79 Å². The molecule has 140 valence electrons. The fraction of sp³-hybridized carbons (Fsp3) is 0.556. The fourth-order valence-electron chi connectivity index (χ4n) is 4.30. The molecule has 2 saturated heterocycles. The third-order valence-electron chi connectivity index (χ3n) is 5.68. The molecule has 1 aliphatic carbocycles. The lowest BCUT2D eigenvalue weighted by atomic mass is 9.89. The van der Waals surface area contributed by atoms with Gasteiger partial charge in [0.2, 0.25) is 5.91 Å². The summed E-state index contributed by atoms with van der Waals surface area (Å²) in [5.41, 5.74) is 0.149. The number of hydrogen-bond acceptors (Lipinski definition) is 4. The topological polar surface area (TPSA) is 93.7 Å². The van der Waals surface area contributed by atoms with E-state index >= 15 is 0 Å². The van der Waals surface area contributed by atoms with Gasteiger partial charge in [-0.2, -0.15) is 0 Å². The predicted octanol–water partition coefficient (Wildman–Crippen LogP) is 1.33. The molecule has 2 atom stereocenters. The lowest BCUT2D eigenvalue weighted by Gasteiger charge is -2.46. The number of hydrogen-bond donors (Lipinski definition) is 4. The summed E-state index contributed by atoms with van der Waals surface area (Å²) in [5.74, 6) is 0.124. The molecule has 4 rings (SSSR count). The third kappa shape index (κ3) is 3.15. The molecule has 0 bridgehead atoms. The van der Waals surface area contributed by atoms with Crippen LogP contribution in [0.1, 0.15) is 37.3 Å². The molecule has 2 aliphatic heterocycles. The summed E-state index contributed by atoms with van der Waals surface area (Å²) in [6, 6.07) is 7.35. The monoisotopic (exact) mass is 378 g/mol. The summed E-state index contributed by atoms with van der Waals surface area (Å²) < 4.78 is 0. The molecule has 1 aromatic rings. The van der Waals surface area contributed by atoms with E-state index < -0.39 is 11.9 Å². The molecule has 3 fully saturated rings. The highest BCUT2D eigenvalue weighted by Crippen LogP contribution is 2.37. The van der Waals surface area contributed by atoms with E-state index in [2.05, 4.69) is 16.0 Å². The van der Waals surface area contributed by atoms with Gasteiger partial charge < -0.3 is 20.6 Å². The van der Waals surface area contributed by atoms with Gasteiger partial charge >= 0.3 is 6.03 Å². The van der Waals surface area contributed by atoms with Crippen LogP contribution in [0.4, 0.5) is 4.79 Å². The second-order valence-corrected chi connectivity index (χ2v) is 7.92. The molecule has 1 spiro atoms. The first-order chi connectivity index (χ1) is 12.5. The zero-order valence-electron chi connectivity index (χ0n) is 14.4. The second kappa shape index (κ2) is 6.72. The van der Waals surface area contributed by atoms with Crippen LogP contribution in [0.3, 0.4) is 0 Å². The minimum Gasteiger partial charge on any atom is -0.361 e. The summed E-state index contributed by atoms with van der Waals surface area (Å²) in [5, 5.41) is 18.5. The van der Waals surface area contributed by atoms with Gasteiger partial charge in [0.25, 0.3) is 0 Å². The Bertz CT molecular complexity index is 716. The molecule has 3 aliphatic rings. The van der Waals surface area contributed by atoms with Crippen LogP contribution < -0.4 is 16.0 Å². The summed E-state index contributed by atoms with van der Waals surface area (Å²) in [4.78, 5) is 26.3. The Morgan fingerprint density at radius 1 is 1.35 bits per heavy atom. The standard InChI is InChI=1S/C18H23ClN4O3/c19-13-7-3-6-12(8-13)14(11-4-1-2-5-11)20-17(26)23-9-18(10-23)15(24)21-16(25)22-18/h3,6-8,11,14,16,22,25H,1-2,4-5,9-10H2,(H,20,26)(H,21,24)/t14-,16?/m0/s1. The van der Waals surface area contributed by atoms with Crippen LogP contribution >= 0.6 is 11.6 Å². The Morgan fingerprint density at radius 2 is 2.08 bits per heavy atom. The highest BCUT2D eigenvalue weighted by molar-refractivity contribution is 6.30. The smallest absolute Gasteiger partial charge is 0.318 e. The molecule has 3 amide bonds. The average Bonchev–Trinajstić information content (AvgIpc) is 3.18. The Balaban J connectivity index is 1.45. The van der Waals surface area contributed by atoms with E-state index in [0.29, 0.717) is 10.9 Å². The average molecular weight is 379 g/mol. The molecule has 0 radical (unpaired) electrons. The second-order valence-electron chi connectivity index (χ2n) is 7.49. The fourth-order valence-corrected chi connectivity index (χ4v) is 4.50. The van der Waals surface area contributed by atoms with Crippen LogP contribution in [-0.4, -0.2) is 46.9 Å². The molecule has 1 unspecified atom stereocenters. The van der Waals surface area contributed by atoms with E-state index in [-0.39, 0.29) is 31.1 Å². The summed E-state index contributed by atoms with van der Waals surface area (Å²) in [7, 11) is 0. The summed E-state index contributed by atoms with van der Waals surface area (Å²) in [6.45, 7) is 0.489. The van der Waals surface area contributed by atoms with Crippen molar-refractivity contribution in [1.82, 2.24) is 20.9 Å². The molecule has 7 nitrogen and oxygen atoms in total. The van der Waals surface area contributed by atoms with Crippen molar-refractivity contribution in [2.45, 2.75) is 43.6 Å². The number of halogens is 1. The van der Waals surface area contributed by atoms with Crippen molar-refractivity contribution >= 4 is 23.5 Å². The first-order valence-electron chi connectivity index (χ1n) is 9.04. The zero-order chi connectivity index (χ0) is 18.3. The number of amides is 3. The Labute approximate surface area is 157 Å². The van der Waals surface area contributed by atoms with Gasteiger partial charge in [0.1, 0.15) is 5.54 Å². The van der Waals surface area contributed by atoms with Crippen molar-refractivity contribution in [2.24, 2.45) is 5.92 Å². The largest absolute Gasteiger partial charge is 0.361 e. The maximum atomic E-state index is 12.7. The van der Waals surface area contributed by atoms with Crippen LogP contribution in [0, 0.1) is 5.92 Å². The van der Waals surface area contributed by atoms with Gasteiger partial charge in [0, 0.05) is 5.02 Å². The molecular formula is C18H23ClN4O3. The number of likely N-dealkylation sites (tertiary alicyclic amines) is 1. The third-order valence-corrected chi connectivity index (χ3v) is 5.92. The minimum atomic E-state index is -1.05. The molecule has 26 heavy (non-hydrogen) atoms. The number of aliphatic hydroxyl groups is 1. The number of aliphatic hydroxyl groups excluding tert-OH is 1. The molecule has 4 N–H and O–H groups in total. The molecule has 8 heteroatoms. The van der Waals surface area contributed by atoms with Crippen molar-refractivity contribution in [1.29, 1.82) is 0 Å². The molecule has 1 aromatic carbocycles. The quantitative estimate of drug-likeness (QED) is 0.638. The number of benzene rings is 1.